The first kappa shape index (κ1) is 22.1. The lowest BCUT2D eigenvalue weighted by molar-refractivity contribution is -0.132. The molecule has 33 heavy (non-hydrogen) atoms. The van der Waals surface area contributed by atoms with Gasteiger partial charge in [-0.15, -0.1) is 0 Å². The molecule has 1 aliphatic rings. The molecule has 6 nitrogen and oxygen atoms in total. The van der Waals surface area contributed by atoms with Crippen molar-refractivity contribution in [2.75, 3.05) is 11.5 Å². The molecule has 8 heteroatoms. The fourth-order valence-corrected chi connectivity index (χ4v) is 3.82. The Morgan fingerprint density at radius 3 is 2.52 bits per heavy atom. The zero-order valence-electron chi connectivity index (χ0n) is 17.9. The van der Waals surface area contributed by atoms with Crippen LogP contribution in [0.2, 0.25) is 0 Å². The number of nitrogens with zero attached hydrogens (tertiary/aromatic N) is 2. The number of aryl methyl sites for hydroxylation is 1. The Kier molecular flexibility index (Phi) is 5.91. The third-order valence-corrected chi connectivity index (χ3v) is 5.34. The van der Waals surface area contributed by atoms with Crippen molar-refractivity contribution < 1.29 is 28.2 Å². The van der Waals surface area contributed by atoms with Gasteiger partial charge in [-0.25, -0.2) is 8.78 Å². The zero-order valence-corrected chi connectivity index (χ0v) is 17.9. The molecule has 1 amide bonds. The van der Waals surface area contributed by atoms with Gasteiger partial charge in [-0.2, -0.15) is 0 Å². The molecular formula is C25H20F2N2O4. The molecule has 2 heterocycles. The Balaban J connectivity index is 1.91. The van der Waals surface area contributed by atoms with Gasteiger partial charge in [0, 0.05) is 23.5 Å². The summed E-state index contributed by atoms with van der Waals surface area (Å²) in [6.07, 6.45) is 1.47. The van der Waals surface area contributed by atoms with Crippen LogP contribution in [0.1, 0.15) is 29.8 Å². The normalized spacial score (nSPS) is 17.5. The Morgan fingerprint density at radius 1 is 1.09 bits per heavy atom. The van der Waals surface area contributed by atoms with E-state index in [0.29, 0.717) is 17.9 Å². The molecule has 0 bridgehead atoms. The van der Waals surface area contributed by atoms with Crippen LogP contribution in [0, 0.1) is 18.6 Å². The number of anilines is 1. The van der Waals surface area contributed by atoms with Crippen LogP contribution in [-0.2, 0) is 9.59 Å². The summed E-state index contributed by atoms with van der Waals surface area (Å²) in [4.78, 5) is 31.3. The zero-order chi connectivity index (χ0) is 23.7. The molecule has 1 atom stereocenters. The highest BCUT2D eigenvalue weighted by Gasteiger charge is 2.47. The molecule has 1 saturated heterocycles. The first-order chi connectivity index (χ1) is 15.8. The minimum atomic E-state index is -1.17. The summed E-state index contributed by atoms with van der Waals surface area (Å²) in [5, 5.41) is 11.1. The number of amides is 1. The van der Waals surface area contributed by atoms with Gasteiger partial charge in [0.25, 0.3) is 11.7 Å². The molecule has 4 rings (SSSR count). The van der Waals surface area contributed by atoms with E-state index in [4.69, 9.17) is 4.74 Å². The summed E-state index contributed by atoms with van der Waals surface area (Å²) >= 11 is 0. The smallest absolute Gasteiger partial charge is 0.300 e. The molecule has 1 fully saturated rings. The molecule has 1 unspecified atom stereocenters. The molecule has 0 radical (unpaired) electrons. The maximum atomic E-state index is 14.0. The fraction of sp³-hybridized carbons (Fsp3) is 0.160. The minimum absolute atomic E-state index is 0.0337. The highest BCUT2D eigenvalue weighted by molar-refractivity contribution is 6.51. The van der Waals surface area contributed by atoms with E-state index >= 15 is 0 Å². The van der Waals surface area contributed by atoms with E-state index in [9.17, 15) is 23.5 Å². The van der Waals surface area contributed by atoms with Gasteiger partial charge in [0.15, 0.2) is 11.6 Å². The number of rotatable bonds is 5. The van der Waals surface area contributed by atoms with E-state index in [1.54, 1.807) is 43.3 Å². The fourth-order valence-electron chi connectivity index (χ4n) is 3.82. The highest BCUT2D eigenvalue weighted by Crippen LogP contribution is 2.42. The largest absolute Gasteiger partial charge is 0.507 e. The number of benzene rings is 2. The quantitative estimate of drug-likeness (QED) is 0.347. The first-order valence-electron chi connectivity index (χ1n) is 10.2. The highest BCUT2D eigenvalue weighted by atomic mass is 19.2. The second kappa shape index (κ2) is 8.82. The van der Waals surface area contributed by atoms with Crippen LogP contribution in [0.3, 0.4) is 0 Å². The molecule has 1 N–H and O–H groups in total. The van der Waals surface area contributed by atoms with E-state index in [1.807, 2.05) is 6.92 Å². The van der Waals surface area contributed by atoms with Gasteiger partial charge in [-0.05, 0) is 61.9 Å². The van der Waals surface area contributed by atoms with Crippen molar-refractivity contribution in [3.05, 3.63) is 94.8 Å². The number of halogens is 2. The Morgan fingerprint density at radius 2 is 1.88 bits per heavy atom. The van der Waals surface area contributed by atoms with Crippen LogP contribution in [0.4, 0.5) is 14.5 Å². The number of hydrogen-bond acceptors (Lipinski definition) is 5. The summed E-state index contributed by atoms with van der Waals surface area (Å²) in [6.45, 7) is 4.10. The average molecular weight is 450 g/mol. The van der Waals surface area contributed by atoms with Gasteiger partial charge in [0.05, 0.1) is 17.9 Å². The SMILES string of the molecule is CCOc1ccc(/C(O)=C2\C(=O)C(=O)N(c3ccc(F)c(F)c3)C2c2ccccn2)cc1C. The summed E-state index contributed by atoms with van der Waals surface area (Å²) < 4.78 is 33.0. The molecule has 168 valence electrons. The minimum Gasteiger partial charge on any atom is -0.507 e. The van der Waals surface area contributed by atoms with E-state index in [0.717, 1.165) is 22.6 Å². The third kappa shape index (κ3) is 3.95. The second-order valence-corrected chi connectivity index (χ2v) is 7.44. The third-order valence-electron chi connectivity index (χ3n) is 5.34. The first-order valence-corrected chi connectivity index (χ1v) is 10.2. The average Bonchev–Trinajstić information content (AvgIpc) is 3.08. The number of Topliss-reactive ketones (excluding diaryl/α,β-unsaturated/α-hetero) is 1. The van der Waals surface area contributed by atoms with Crippen LogP contribution >= 0.6 is 0 Å². The van der Waals surface area contributed by atoms with Gasteiger partial charge >= 0.3 is 0 Å². The lowest BCUT2D eigenvalue weighted by atomic mass is 9.97. The van der Waals surface area contributed by atoms with Crippen molar-refractivity contribution in [2.45, 2.75) is 19.9 Å². The van der Waals surface area contributed by atoms with Gasteiger partial charge in [-0.1, -0.05) is 6.07 Å². The number of aliphatic hydroxyl groups is 1. The summed E-state index contributed by atoms with van der Waals surface area (Å²) in [5.41, 5.74) is 1.08. The lowest BCUT2D eigenvalue weighted by Gasteiger charge is -2.24. The van der Waals surface area contributed by atoms with Crippen molar-refractivity contribution in [2.24, 2.45) is 0 Å². The maximum absolute atomic E-state index is 14.0. The summed E-state index contributed by atoms with van der Waals surface area (Å²) in [5.74, 6) is -3.98. The number of ether oxygens (including phenoxy) is 1. The molecule has 2 aromatic carbocycles. The van der Waals surface area contributed by atoms with E-state index in [1.165, 1.54) is 12.3 Å². The Bertz CT molecular complexity index is 1270. The van der Waals surface area contributed by atoms with Crippen molar-refractivity contribution in [3.8, 4) is 5.75 Å². The Labute approximate surface area is 188 Å². The second-order valence-electron chi connectivity index (χ2n) is 7.44. The maximum Gasteiger partial charge on any atom is 0.300 e. The van der Waals surface area contributed by atoms with Crippen LogP contribution in [0.15, 0.2) is 66.4 Å². The molecule has 0 spiro atoms. The predicted octanol–water partition coefficient (Wildman–Crippen LogP) is 4.69. The van der Waals surface area contributed by atoms with Gasteiger partial charge in [0.2, 0.25) is 0 Å². The van der Waals surface area contributed by atoms with E-state index in [-0.39, 0.29) is 17.0 Å². The Hall–Kier alpha value is -4.07. The van der Waals surface area contributed by atoms with Gasteiger partial charge in [0.1, 0.15) is 17.6 Å². The molecular weight excluding hydrogens is 430 g/mol. The molecule has 0 aliphatic carbocycles. The monoisotopic (exact) mass is 450 g/mol. The van der Waals surface area contributed by atoms with Crippen molar-refractivity contribution in [3.63, 3.8) is 0 Å². The van der Waals surface area contributed by atoms with Gasteiger partial charge in [-0.3, -0.25) is 19.5 Å². The van der Waals surface area contributed by atoms with Crippen molar-refractivity contribution >= 4 is 23.1 Å². The van der Waals surface area contributed by atoms with E-state index in [2.05, 4.69) is 4.98 Å². The molecule has 1 aliphatic heterocycles. The van der Waals surface area contributed by atoms with Crippen LogP contribution in [0.25, 0.3) is 5.76 Å². The van der Waals surface area contributed by atoms with Crippen LogP contribution < -0.4 is 9.64 Å². The molecule has 1 aromatic heterocycles. The van der Waals surface area contributed by atoms with Crippen LogP contribution in [-0.4, -0.2) is 28.4 Å². The number of carbonyl (C=O) groups is 2. The predicted molar refractivity (Wildman–Crippen MR) is 118 cm³/mol. The number of ketones is 1. The number of aromatic nitrogens is 1. The van der Waals surface area contributed by atoms with Crippen LogP contribution in [0.5, 0.6) is 5.75 Å². The van der Waals surface area contributed by atoms with Crippen molar-refractivity contribution in [1.29, 1.82) is 0 Å². The summed E-state index contributed by atoms with van der Waals surface area (Å²) in [7, 11) is 0. The number of hydrogen-bond donors (Lipinski definition) is 1. The van der Waals surface area contributed by atoms with E-state index < -0.39 is 35.1 Å². The summed E-state index contributed by atoms with van der Waals surface area (Å²) in [6, 6.07) is 11.5. The standard InChI is InChI=1S/C25H20F2N2O4/c1-3-33-20-10-7-15(12-14(20)2)23(30)21-22(19-6-4-5-11-28-19)29(25(32)24(21)31)16-8-9-17(26)18(27)13-16/h4-13,22,30H,3H2,1-2H3/b23-21+. The lowest BCUT2D eigenvalue weighted by Crippen LogP contribution is -2.30. The number of aliphatic hydroxyl groups excluding tert-OH is 1. The molecule has 3 aromatic rings. The van der Waals surface area contributed by atoms with Crippen molar-refractivity contribution in [1.82, 2.24) is 4.98 Å². The number of pyridine rings is 1. The topological polar surface area (TPSA) is 79.7 Å². The number of carbonyl (C=O) groups excluding carboxylic acids is 2. The molecule has 0 saturated carbocycles. The van der Waals surface area contributed by atoms with Gasteiger partial charge < -0.3 is 9.84 Å².